The van der Waals surface area contributed by atoms with E-state index >= 15 is 0 Å². The molecule has 1 aliphatic rings. The second-order valence-electron chi connectivity index (χ2n) is 10.6. The molecule has 48 heavy (non-hydrogen) atoms. The van der Waals surface area contributed by atoms with Crippen LogP contribution in [-0.4, -0.2) is 31.4 Å². The quantitative estimate of drug-likeness (QED) is 0.148. The Balaban J connectivity index is 1.57. The number of methoxy groups -OCH3 is 2. The summed E-state index contributed by atoms with van der Waals surface area (Å²) in [5.41, 5.74) is 3.00. The molecule has 0 bridgehead atoms. The topological polar surface area (TPSA) is 88.4 Å². The van der Waals surface area contributed by atoms with Gasteiger partial charge >= 0.3 is 5.97 Å². The number of aromatic nitrogens is 1. The number of benzene rings is 4. The molecule has 0 saturated heterocycles. The monoisotopic (exact) mass is 700 g/mol. The zero-order chi connectivity index (χ0) is 33.8. The van der Waals surface area contributed by atoms with Crippen molar-refractivity contribution in [2.75, 3.05) is 20.8 Å². The highest BCUT2D eigenvalue weighted by molar-refractivity contribution is 7.07. The molecular weight excluding hydrogens is 671 g/mol. The molecular formula is C37H30Cl2N2O6S. The molecule has 0 fully saturated rings. The summed E-state index contributed by atoms with van der Waals surface area (Å²) in [4.78, 5) is 33.5. The molecule has 0 spiro atoms. The van der Waals surface area contributed by atoms with Gasteiger partial charge < -0.3 is 18.9 Å². The van der Waals surface area contributed by atoms with Gasteiger partial charge in [0.1, 0.15) is 12.4 Å². The number of hydrogen-bond acceptors (Lipinski definition) is 8. The minimum atomic E-state index is -0.896. The van der Waals surface area contributed by atoms with E-state index in [0.29, 0.717) is 59.0 Å². The Kier molecular flexibility index (Phi) is 10.0. The highest BCUT2D eigenvalue weighted by Crippen LogP contribution is 2.38. The first-order valence-corrected chi connectivity index (χ1v) is 16.6. The van der Waals surface area contributed by atoms with Gasteiger partial charge in [0.2, 0.25) is 0 Å². The molecule has 11 heteroatoms. The van der Waals surface area contributed by atoms with Gasteiger partial charge in [-0.25, -0.2) is 9.79 Å². The van der Waals surface area contributed by atoms with Gasteiger partial charge in [-0.2, -0.15) is 0 Å². The number of ether oxygens (including phenoxy) is 4. The molecule has 5 aromatic rings. The van der Waals surface area contributed by atoms with Gasteiger partial charge in [0.25, 0.3) is 5.56 Å². The number of rotatable bonds is 10. The lowest BCUT2D eigenvalue weighted by atomic mass is 9.93. The van der Waals surface area contributed by atoms with E-state index < -0.39 is 12.0 Å². The Morgan fingerprint density at radius 3 is 2.38 bits per heavy atom. The van der Waals surface area contributed by atoms with Gasteiger partial charge in [-0.3, -0.25) is 9.36 Å². The van der Waals surface area contributed by atoms with Crippen LogP contribution in [0.15, 0.2) is 106 Å². The van der Waals surface area contributed by atoms with E-state index in [0.717, 1.165) is 5.56 Å². The smallest absolute Gasteiger partial charge is 0.338 e. The largest absolute Gasteiger partial charge is 0.493 e. The third-order valence-electron chi connectivity index (χ3n) is 7.70. The first-order valence-electron chi connectivity index (χ1n) is 15.0. The molecule has 4 aromatic carbocycles. The molecule has 0 aliphatic carbocycles. The van der Waals surface area contributed by atoms with Crippen LogP contribution in [0.2, 0.25) is 10.0 Å². The van der Waals surface area contributed by atoms with Gasteiger partial charge in [0, 0.05) is 26.7 Å². The third-order valence-corrected chi connectivity index (χ3v) is 9.28. The maximum atomic E-state index is 14.4. The minimum absolute atomic E-state index is 0.138. The summed E-state index contributed by atoms with van der Waals surface area (Å²) >= 11 is 14.0. The van der Waals surface area contributed by atoms with Crippen LogP contribution in [0, 0.1) is 0 Å². The summed E-state index contributed by atoms with van der Waals surface area (Å²) in [5.74, 6) is 0.875. The lowest BCUT2D eigenvalue weighted by Crippen LogP contribution is -2.40. The number of esters is 1. The van der Waals surface area contributed by atoms with Crippen LogP contribution in [0.3, 0.4) is 0 Å². The molecule has 8 nitrogen and oxygen atoms in total. The average molecular weight is 702 g/mol. The highest BCUT2D eigenvalue weighted by Gasteiger charge is 2.35. The van der Waals surface area contributed by atoms with E-state index in [2.05, 4.69) is 0 Å². The molecule has 1 aliphatic heterocycles. The van der Waals surface area contributed by atoms with Crippen LogP contribution in [0.25, 0.3) is 11.8 Å². The van der Waals surface area contributed by atoms with Crippen LogP contribution in [-0.2, 0) is 16.1 Å². The fraction of sp³-hybridized carbons (Fsp3) is 0.162. The van der Waals surface area contributed by atoms with E-state index in [1.54, 1.807) is 62.6 Å². The standard InChI is InChI=1S/C37H30Cl2N2O6S/c1-4-46-36(43)32-33(22-10-6-5-7-11-22)40-37-41(34(32)23-14-16-29(44-2)30(19-23)45-3)35(42)31(48-37)20-25-18-26(38)15-17-28(25)47-21-24-12-8-9-13-27(24)39/h5-20,34H,4,21H2,1-3H3/b31-20-/t34-/m0/s1. The summed E-state index contributed by atoms with van der Waals surface area (Å²) in [6.45, 7) is 2.09. The zero-order valence-corrected chi connectivity index (χ0v) is 28.6. The minimum Gasteiger partial charge on any atom is -0.493 e. The average Bonchev–Trinajstić information content (AvgIpc) is 3.41. The molecule has 0 saturated carbocycles. The SMILES string of the molecule is CCOC(=O)C1=C(c2ccccc2)N=c2s/c(=C\c3cc(Cl)ccc3OCc3ccccc3Cl)c(=O)n2[C@H]1c1ccc(OC)c(OC)c1. The predicted molar refractivity (Wildman–Crippen MR) is 188 cm³/mol. The van der Waals surface area contributed by atoms with E-state index in [1.807, 2.05) is 48.5 Å². The van der Waals surface area contributed by atoms with Crippen molar-refractivity contribution in [1.29, 1.82) is 0 Å². The van der Waals surface area contributed by atoms with Gasteiger partial charge in [0.15, 0.2) is 16.3 Å². The van der Waals surface area contributed by atoms with Crippen molar-refractivity contribution >= 4 is 52.3 Å². The van der Waals surface area contributed by atoms with Crippen molar-refractivity contribution in [2.24, 2.45) is 4.99 Å². The van der Waals surface area contributed by atoms with Crippen LogP contribution < -0.4 is 29.1 Å². The molecule has 0 amide bonds. The van der Waals surface area contributed by atoms with Crippen molar-refractivity contribution in [3.8, 4) is 17.2 Å². The fourth-order valence-corrected chi connectivity index (χ4v) is 6.82. The Hall–Kier alpha value is -4.83. The van der Waals surface area contributed by atoms with Crippen LogP contribution in [0.4, 0.5) is 0 Å². The molecule has 244 valence electrons. The van der Waals surface area contributed by atoms with Crippen molar-refractivity contribution in [1.82, 2.24) is 4.57 Å². The molecule has 2 heterocycles. The Morgan fingerprint density at radius 2 is 1.65 bits per heavy atom. The first kappa shape index (κ1) is 33.1. The number of thiazole rings is 1. The number of halogens is 2. The lowest BCUT2D eigenvalue weighted by Gasteiger charge is -2.26. The summed E-state index contributed by atoms with van der Waals surface area (Å²) in [6.07, 6.45) is 1.72. The Bertz CT molecular complexity index is 2210. The number of carbonyl (C=O) groups excluding carboxylic acids is 1. The van der Waals surface area contributed by atoms with Crippen molar-refractivity contribution < 1.29 is 23.7 Å². The summed E-state index contributed by atoms with van der Waals surface area (Å²) in [6, 6.07) is 26.4. The van der Waals surface area contributed by atoms with Gasteiger partial charge in [0.05, 0.1) is 42.7 Å². The maximum Gasteiger partial charge on any atom is 0.338 e. The molecule has 6 rings (SSSR count). The van der Waals surface area contributed by atoms with Crippen LogP contribution >= 0.6 is 34.5 Å². The van der Waals surface area contributed by atoms with Crippen LogP contribution in [0.1, 0.15) is 35.2 Å². The normalized spacial score (nSPS) is 14.3. The van der Waals surface area contributed by atoms with Gasteiger partial charge in [-0.15, -0.1) is 0 Å². The first-order chi connectivity index (χ1) is 23.3. The molecule has 0 N–H and O–H groups in total. The van der Waals surface area contributed by atoms with E-state index in [1.165, 1.54) is 23.0 Å². The number of carbonyl (C=O) groups is 1. The van der Waals surface area contributed by atoms with E-state index in [-0.39, 0.29) is 24.3 Å². The second kappa shape index (κ2) is 14.5. The number of nitrogens with zero attached hydrogens (tertiary/aromatic N) is 2. The molecule has 0 radical (unpaired) electrons. The maximum absolute atomic E-state index is 14.4. The van der Waals surface area contributed by atoms with Crippen LogP contribution in [0.5, 0.6) is 17.2 Å². The molecule has 1 atom stereocenters. The highest BCUT2D eigenvalue weighted by atomic mass is 35.5. The summed E-state index contributed by atoms with van der Waals surface area (Å²) < 4.78 is 24.7. The van der Waals surface area contributed by atoms with Gasteiger partial charge in [-0.1, -0.05) is 89.1 Å². The van der Waals surface area contributed by atoms with E-state index in [9.17, 15) is 9.59 Å². The van der Waals surface area contributed by atoms with Crippen molar-refractivity contribution in [2.45, 2.75) is 19.6 Å². The predicted octanol–water partition coefficient (Wildman–Crippen LogP) is 6.84. The van der Waals surface area contributed by atoms with Crippen molar-refractivity contribution in [3.63, 3.8) is 0 Å². The fourth-order valence-electron chi connectivity index (χ4n) is 5.45. The number of fused-ring (bicyclic) bond motifs is 1. The van der Waals surface area contributed by atoms with E-state index in [4.69, 9.17) is 47.1 Å². The molecule has 0 unspecified atom stereocenters. The summed E-state index contributed by atoms with van der Waals surface area (Å²) in [5, 5.41) is 1.06. The molecule has 1 aromatic heterocycles. The Morgan fingerprint density at radius 1 is 0.917 bits per heavy atom. The zero-order valence-electron chi connectivity index (χ0n) is 26.2. The Labute approximate surface area is 290 Å². The van der Waals surface area contributed by atoms with Crippen molar-refractivity contribution in [3.05, 3.63) is 149 Å². The van der Waals surface area contributed by atoms with Gasteiger partial charge in [-0.05, 0) is 55.0 Å². The number of hydrogen-bond donors (Lipinski definition) is 0. The third kappa shape index (κ3) is 6.62. The summed E-state index contributed by atoms with van der Waals surface area (Å²) in [7, 11) is 3.07. The lowest BCUT2D eigenvalue weighted by molar-refractivity contribution is -0.138. The second-order valence-corrected chi connectivity index (χ2v) is 12.5.